The summed E-state index contributed by atoms with van der Waals surface area (Å²) in [5, 5.41) is 12.2. The summed E-state index contributed by atoms with van der Waals surface area (Å²) in [7, 11) is 0. The summed E-state index contributed by atoms with van der Waals surface area (Å²) in [5.74, 6) is 0. The molecule has 0 aromatic heterocycles. The van der Waals surface area contributed by atoms with Crippen LogP contribution in [0.15, 0.2) is 22.7 Å². The van der Waals surface area contributed by atoms with Gasteiger partial charge in [0.25, 0.3) is 0 Å². The van der Waals surface area contributed by atoms with Gasteiger partial charge in [-0.2, -0.15) is 13.2 Å². The SMILES string of the molecule is CCCNCc1ccc(N(CCO)CC(F)(F)F)c(Br)c1. The Labute approximate surface area is 131 Å². The Morgan fingerprint density at radius 3 is 2.57 bits per heavy atom. The van der Waals surface area contributed by atoms with Crippen molar-refractivity contribution in [3.63, 3.8) is 0 Å². The summed E-state index contributed by atoms with van der Waals surface area (Å²) in [6.45, 7) is 2.15. The minimum absolute atomic E-state index is 0.0639. The first kappa shape index (κ1) is 18.3. The molecule has 0 spiro atoms. The molecule has 2 N–H and O–H groups in total. The van der Waals surface area contributed by atoms with Gasteiger partial charge in [0.15, 0.2) is 0 Å². The number of rotatable bonds is 8. The fourth-order valence-electron chi connectivity index (χ4n) is 1.95. The molecule has 3 nitrogen and oxygen atoms in total. The number of halogens is 4. The first-order chi connectivity index (χ1) is 9.87. The second-order valence-electron chi connectivity index (χ2n) is 4.72. The number of alkyl halides is 3. The molecule has 0 bridgehead atoms. The highest BCUT2D eigenvalue weighted by Crippen LogP contribution is 2.30. The maximum absolute atomic E-state index is 12.6. The number of anilines is 1. The van der Waals surface area contributed by atoms with E-state index in [2.05, 4.69) is 28.2 Å². The molecule has 1 aromatic carbocycles. The highest BCUT2D eigenvalue weighted by atomic mass is 79.9. The van der Waals surface area contributed by atoms with Crippen LogP contribution < -0.4 is 10.2 Å². The molecular weight excluding hydrogens is 349 g/mol. The lowest BCUT2D eigenvalue weighted by Crippen LogP contribution is -2.36. The molecule has 120 valence electrons. The van der Waals surface area contributed by atoms with Crippen molar-refractivity contribution in [1.29, 1.82) is 0 Å². The van der Waals surface area contributed by atoms with Crippen LogP contribution >= 0.6 is 15.9 Å². The van der Waals surface area contributed by atoms with Crippen LogP contribution in [0.1, 0.15) is 18.9 Å². The maximum atomic E-state index is 12.6. The van der Waals surface area contributed by atoms with E-state index < -0.39 is 12.7 Å². The summed E-state index contributed by atoms with van der Waals surface area (Å²) in [5.41, 5.74) is 1.43. The average molecular weight is 369 g/mol. The predicted molar refractivity (Wildman–Crippen MR) is 81.5 cm³/mol. The van der Waals surface area contributed by atoms with E-state index in [4.69, 9.17) is 5.11 Å². The molecule has 0 aliphatic heterocycles. The van der Waals surface area contributed by atoms with Crippen LogP contribution in [-0.2, 0) is 6.54 Å². The Kier molecular flexibility index (Phi) is 7.48. The normalized spacial score (nSPS) is 11.7. The highest BCUT2D eigenvalue weighted by molar-refractivity contribution is 9.10. The van der Waals surface area contributed by atoms with Crippen molar-refractivity contribution in [2.75, 3.05) is 31.1 Å². The topological polar surface area (TPSA) is 35.5 Å². The molecule has 1 aromatic rings. The van der Waals surface area contributed by atoms with Gasteiger partial charge in [-0.05, 0) is 46.6 Å². The van der Waals surface area contributed by atoms with Crippen LogP contribution in [0, 0.1) is 0 Å². The van der Waals surface area contributed by atoms with E-state index in [9.17, 15) is 13.2 Å². The molecule has 0 unspecified atom stereocenters. The first-order valence-electron chi connectivity index (χ1n) is 6.79. The predicted octanol–water partition coefficient (Wildman–Crippen LogP) is 3.31. The molecule has 0 fully saturated rings. The van der Waals surface area contributed by atoms with E-state index >= 15 is 0 Å². The molecule has 7 heteroatoms. The van der Waals surface area contributed by atoms with Crippen LogP contribution in [0.4, 0.5) is 18.9 Å². The Morgan fingerprint density at radius 2 is 2.05 bits per heavy atom. The maximum Gasteiger partial charge on any atom is 0.405 e. The molecule has 0 heterocycles. The number of hydrogen-bond acceptors (Lipinski definition) is 3. The molecule has 21 heavy (non-hydrogen) atoms. The van der Waals surface area contributed by atoms with Gasteiger partial charge in [0.2, 0.25) is 0 Å². The monoisotopic (exact) mass is 368 g/mol. The first-order valence-corrected chi connectivity index (χ1v) is 7.58. The molecule has 1 rings (SSSR count). The highest BCUT2D eigenvalue weighted by Gasteiger charge is 2.31. The van der Waals surface area contributed by atoms with Crippen LogP contribution in [0.25, 0.3) is 0 Å². The van der Waals surface area contributed by atoms with Crippen molar-refractivity contribution in [3.8, 4) is 0 Å². The van der Waals surface area contributed by atoms with Gasteiger partial charge >= 0.3 is 6.18 Å². The summed E-state index contributed by atoms with van der Waals surface area (Å²) in [6, 6.07) is 5.25. The number of hydrogen-bond donors (Lipinski definition) is 2. The molecule has 0 radical (unpaired) electrons. The Hall–Kier alpha value is -0.790. The zero-order valence-corrected chi connectivity index (χ0v) is 13.5. The molecule has 0 aliphatic rings. The summed E-state index contributed by atoms with van der Waals surface area (Å²) < 4.78 is 38.3. The van der Waals surface area contributed by atoms with Crippen molar-refractivity contribution in [3.05, 3.63) is 28.2 Å². The zero-order valence-electron chi connectivity index (χ0n) is 11.9. The Bertz CT molecular complexity index is 441. The average Bonchev–Trinajstić information content (AvgIpc) is 2.37. The van der Waals surface area contributed by atoms with Crippen molar-refractivity contribution in [2.24, 2.45) is 0 Å². The Balaban J connectivity index is 2.84. The minimum atomic E-state index is -4.31. The largest absolute Gasteiger partial charge is 0.405 e. The van der Waals surface area contributed by atoms with Crippen LogP contribution in [0.5, 0.6) is 0 Å². The molecule has 0 saturated heterocycles. The standard InChI is InChI=1S/C14H20BrF3N2O/c1-2-5-19-9-11-3-4-13(12(15)8-11)20(6-7-21)10-14(16,17)18/h3-4,8,19,21H,2,5-7,9-10H2,1H3. The van der Waals surface area contributed by atoms with Gasteiger partial charge in [-0.15, -0.1) is 0 Å². The summed E-state index contributed by atoms with van der Waals surface area (Å²) in [6.07, 6.45) is -3.29. The van der Waals surface area contributed by atoms with E-state index in [-0.39, 0.29) is 13.2 Å². The van der Waals surface area contributed by atoms with Crippen molar-refractivity contribution >= 4 is 21.6 Å². The van der Waals surface area contributed by atoms with Gasteiger partial charge in [-0.3, -0.25) is 0 Å². The van der Waals surface area contributed by atoms with Gasteiger partial charge < -0.3 is 15.3 Å². The van der Waals surface area contributed by atoms with Gasteiger partial charge in [0, 0.05) is 17.6 Å². The van der Waals surface area contributed by atoms with E-state index in [1.165, 1.54) is 0 Å². The quantitative estimate of drug-likeness (QED) is 0.691. The number of nitrogens with one attached hydrogen (secondary N) is 1. The molecule has 0 amide bonds. The molecule has 0 aliphatic carbocycles. The van der Waals surface area contributed by atoms with Crippen molar-refractivity contribution in [2.45, 2.75) is 26.1 Å². The van der Waals surface area contributed by atoms with Crippen LogP contribution in [-0.4, -0.2) is 37.5 Å². The van der Waals surface area contributed by atoms with E-state index in [1.54, 1.807) is 18.2 Å². The fraction of sp³-hybridized carbons (Fsp3) is 0.571. The third-order valence-corrected chi connectivity index (χ3v) is 3.48. The molecule has 0 atom stereocenters. The summed E-state index contributed by atoms with van der Waals surface area (Å²) in [4.78, 5) is 1.12. The van der Waals surface area contributed by atoms with E-state index in [0.29, 0.717) is 16.7 Å². The van der Waals surface area contributed by atoms with Gasteiger partial charge in [0.05, 0.1) is 12.3 Å². The van der Waals surface area contributed by atoms with E-state index in [0.717, 1.165) is 23.4 Å². The lowest BCUT2D eigenvalue weighted by atomic mass is 10.2. The smallest absolute Gasteiger partial charge is 0.395 e. The lowest BCUT2D eigenvalue weighted by Gasteiger charge is -2.26. The van der Waals surface area contributed by atoms with Gasteiger partial charge in [0.1, 0.15) is 6.54 Å². The number of nitrogens with zero attached hydrogens (tertiary/aromatic N) is 1. The summed E-state index contributed by atoms with van der Waals surface area (Å²) >= 11 is 3.32. The zero-order chi connectivity index (χ0) is 15.9. The number of aliphatic hydroxyl groups excluding tert-OH is 1. The fourth-order valence-corrected chi connectivity index (χ4v) is 2.63. The van der Waals surface area contributed by atoms with Crippen LogP contribution in [0.2, 0.25) is 0 Å². The molecular formula is C14H20BrF3N2O. The third-order valence-electron chi connectivity index (χ3n) is 2.85. The second-order valence-corrected chi connectivity index (χ2v) is 5.58. The second kappa shape index (κ2) is 8.60. The Morgan fingerprint density at radius 1 is 1.33 bits per heavy atom. The number of benzene rings is 1. The van der Waals surface area contributed by atoms with Gasteiger partial charge in [-0.25, -0.2) is 0 Å². The van der Waals surface area contributed by atoms with Crippen molar-refractivity contribution < 1.29 is 18.3 Å². The van der Waals surface area contributed by atoms with Crippen molar-refractivity contribution in [1.82, 2.24) is 5.32 Å². The lowest BCUT2D eigenvalue weighted by molar-refractivity contribution is -0.119. The minimum Gasteiger partial charge on any atom is -0.395 e. The van der Waals surface area contributed by atoms with Gasteiger partial charge in [-0.1, -0.05) is 13.0 Å². The van der Waals surface area contributed by atoms with Crippen LogP contribution in [0.3, 0.4) is 0 Å². The third kappa shape index (κ3) is 6.67. The molecule has 0 saturated carbocycles. The van der Waals surface area contributed by atoms with E-state index in [1.807, 2.05) is 0 Å². The number of aliphatic hydroxyl groups is 1.